The lowest BCUT2D eigenvalue weighted by atomic mass is 10.1. The molecule has 84 valence electrons. The number of alkyl halides is 1. The molecule has 0 aliphatic heterocycles. The molecule has 1 rings (SSSR count). The zero-order chi connectivity index (χ0) is 11.3. The molecule has 1 aromatic rings. The van der Waals surface area contributed by atoms with Crippen LogP contribution in [0.25, 0.3) is 0 Å². The smallest absolute Gasteiger partial charge is 0.162 e. The minimum absolute atomic E-state index is 0.343. The standard InChI is InChI=1S/C11H14ClFO2/c1-14-10-6-8(4-3-5-13)9(12)7-11(10)15-2/h6-7H,3-5H2,1-2H3. The fourth-order valence-electron chi connectivity index (χ4n) is 1.35. The first-order chi connectivity index (χ1) is 7.22. The Morgan fingerprint density at radius 1 is 1.20 bits per heavy atom. The molecule has 4 heteroatoms. The molecule has 0 atom stereocenters. The van der Waals surface area contributed by atoms with Crippen LogP contribution in [0.3, 0.4) is 0 Å². The van der Waals surface area contributed by atoms with Gasteiger partial charge in [-0.2, -0.15) is 0 Å². The monoisotopic (exact) mass is 232 g/mol. The van der Waals surface area contributed by atoms with Gasteiger partial charge in [-0.05, 0) is 24.5 Å². The summed E-state index contributed by atoms with van der Waals surface area (Å²) in [5.74, 6) is 1.21. The summed E-state index contributed by atoms with van der Waals surface area (Å²) in [4.78, 5) is 0. The van der Waals surface area contributed by atoms with Gasteiger partial charge in [-0.15, -0.1) is 0 Å². The van der Waals surface area contributed by atoms with Crippen molar-refractivity contribution >= 4 is 11.6 Å². The van der Waals surface area contributed by atoms with Crippen molar-refractivity contribution in [1.82, 2.24) is 0 Å². The molecule has 0 aliphatic carbocycles. The summed E-state index contributed by atoms with van der Waals surface area (Å²) in [6, 6.07) is 3.48. The van der Waals surface area contributed by atoms with Crippen molar-refractivity contribution in [3.05, 3.63) is 22.7 Å². The maximum atomic E-state index is 12.0. The summed E-state index contributed by atoms with van der Waals surface area (Å²) in [6.45, 7) is -0.343. The van der Waals surface area contributed by atoms with Gasteiger partial charge >= 0.3 is 0 Å². The molecule has 0 unspecified atom stereocenters. The van der Waals surface area contributed by atoms with Gasteiger partial charge in [0.1, 0.15) is 0 Å². The van der Waals surface area contributed by atoms with E-state index in [1.807, 2.05) is 0 Å². The Balaban J connectivity index is 2.97. The van der Waals surface area contributed by atoms with E-state index in [9.17, 15) is 4.39 Å². The van der Waals surface area contributed by atoms with E-state index in [2.05, 4.69) is 0 Å². The van der Waals surface area contributed by atoms with Crippen LogP contribution in [0, 0.1) is 0 Å². The van der Waals surface area contributed by atoms with Crippen molar-refractivity contribution in [1.29, 1.82) is 0 Å². The summed E-state index contributed by atoms with van der Waals surface area (Å²) in [5, 5.41) is 0.584. The van der Waals surface area contributed by atoms with Crippen LogP contribution in [0.1, 0.15) is 12.0 Å². The van der Waals surface area contributed by atoms with Crippen LogP contribution >= 0.6 is 11.6 Å². The van der Waals surface area contributed by atoms with Crippen LogP contribution in [-0.2, 0) is 6.42 Å². The molecule has 0 amide bonds. The van der Waals surface area contributed by atoms with Gasteiger partial charge < -0.3 is 9.47 Å². The van der Waals surface area contributed by atoms with Gasteiger partial charge in [0.05, 0.1) is 20.9 Å². The van der Waals surface area contributed by atoms with E-state index in [1.165, 1.54) is 0 Å². The zero-order valence-corrected chi connectivity index (χ0v) is 9.60. The minimum Gasteiger partial charge on any atom is -0.493 e. The maximum absolute atomic E-state index is 12.0. The van der Waals surface area contributed by atoms with E-state index >= 15 is 0 Å². The predicted octanol–water partition coefficient (Wildman–Crippen LogP) is 3.26. The number of rotatable bonds is 5. The maximum Gasteiger partial charge on any atom is 0.162 e. The third-order valence-electron chi connectivity index (χ3n) is 2.13. The van der Waals surface area contributed by atoms with Crippen LogP contribution in [0.5, 0.6) is 11.5 Å². The number of aryl methyl sites for hydroxylation is 1. The third kappa shape index (κ3) is 2.99. The summed E-state index contributed by atoms with van der Waals surface area (Å²) in [5.41, 5.74) is 0.881. The molecule has 1 aromatic carbocycles. The second kappa shape index (κ2) is 5.81. The lowest BCUT2D eigenvalue weighted by molar-refractivity contribution is 0.354. The molecule has 0 fully saturated rings. The molecular formula is C11H14ClFO2. The molecule has 0 aromatic heterocycles. The van der Waals surface area contributed by atoms with Crippen molar-refractivity contribution in [2.45, 2.75) is 12.8 Å². The second-order valence-corrected chi connectivity index (χ2v) is 3.50. The highest BCUT2D eigenvalue weighted by Gasteiger charge is 2.09. The Kier molecular flexibility index (Phi) is 4.69. The molecule has 2 nitrogen and oxygen atoms in total. The Bertz CT molecular complexity index is 329. The van der Waals surface area contributed by atoms with Gasteiger partial charge in [-0.25, -0.2) is 0 Å². The summed E-state index contributed by atoms with van der Waals surface area (Å²) >= 11 is 6.01. The largest absolute Gasteiger partial charge is 0.493 e. The molecule has 15 heavy (non-hydrogen) atoms. The van der Waals surface area contributed by atoms with Crippen LogP contribution in [0.2, 0.25) is 5.02 Å². The van der Waals surface area contributed by atoms with Crippen LogP contribution in [0.4, 0.5) is 4.39 Å². The van der Waals surface area contributed by atoms with Crippen molar-refractivity contribution in [2.24, 2.45) is 0 Å². The van der Waals surface area contributed by atoms with Crippen molar-refractivity contribution in [3.8, 4) is 11.5 Å². The van der Waals surface area contributed by atoms with E-state index in [-0.39, 0.29) is 6.67 Å². The van der Waals surface area contributed by atoms with Crippen LogP contribution in [0.15, 0.2) is 12.1 Å². The number of ether oxygens (including phenoxy) is 2. The second-order valence-electron chi connectivity index (χ2n) is 3.09. The van der Waals surface area contributed by atoms with Gasteiger partial charge in [0.25, 0.3) is 0 Å². The number of hydrogen-bond donors (Lipinski definition) is 0. The van der Waals surface area contributed by atoms with Gasteiger partial charge in [0.15, 0.2) is 11.5 Å². The minimum atomic E-state index is -0.343. The van der Waals surface area contributed by atoms with E-state index in [4.69, 9.17) is 21.1 Å². The molecule has 0 spiro atoms. The average Bonchev–Trinajstić information content (AvgIpc) is 2.27. The molecular weight excluding hydrogens is 219 g/mol. The van der Waals surface area contributed by atoms with E-state index in [1.54, 1.807) is 26.4 Å². The molecule has 0 bridgehead atoms. The first kappa shape index (κ1) is 12.1. The fourth-order valence-corrected chi connectivity index (χ4v) is 1.59. The SMILES string of the molecule is COc1cc(Cl)c(CCCF)cc1OC. The number of halogens is 2. The normalized spacial score (nSPS) is 10.1. The molecule has 0 saturated heterocycles. The highest BCUT2D eigenvalue weighted by atomic mass is 35.5. The number of benzene rings is 1. The lowest BCUT2D eigenvalue weighted by Crippen LogP contribution is -1.94. The predicted molar refractivity (Wildman–Crippen MR) is 58.9 cm³/mol. The Labute approximate surface area is 94.0 Å². The van der Waals surface area contributed by atoms with Crippen molar-refractivity contribution in [3.63, 3.8) is 0 Å². The van der Waals surface area contributed by atoms with Gasteiger partial charge in [0.2, 0.25) is 0 Å². The van der Waals surface area contributed by atoms with Gasteiger partial charge in [-0.1, -0.05) is 11.6 Å². The number of methoxy groups -OCH3 is 2. The molecule has 0 aliphatic rings. The quantitative estimate of drug-likeness (QED) is 0.776. The van der Waals surface area contributed by atoms with Crippen LogP contribution in [-0.4, -0.2) is 20.9 Å². The Hall–Kier alpha value is -0.960. The van der Waals surface area contributed by atoms with Crippen molar-refractivity contribution in [2.75, 3.05) is 20.9 Å². The average molecular weight is 233 g/mol. The first-order valence-electron chi connectivity index (χ1n) is 4.69. The van der Waals surface area contributed by atoms with Gasteiger partial charge in [0, 0.05) is 11.1 Å². The van der Waals surface area contributed by atoms with E-state index in [0.29, 0.717) is 29.4 Å². The third-order valence-corrected chi connectivity index (χ3v) is 2.48. The summed E-state index contributed by atoms with van der Waals surface area (Å²) in [6.07, 6.45) is 1.07. The molecule has 0 heterocycles. The topological polar surface area (TPSA) is 18.5 Å². The fraction of sp³-hybridized carbons (Fsp3) is 0.455. The Morgan fingerprint density at radius 2 is 1.80 bits per heavy atom. The van der Waals surface area contributed by atoms with Crippen LogP contribution < -0.4 is 9.47 Å². The highest BCUT2D eigenvalue weighted by Crippen LogP contribution is 2.33. The molecule has 0 saturated carbocycles. The zero-order valence-electron chi connectivity index (χ0n) is 8.85. The first-order valence-corrected chi connectivity index (χ1v) is 5.07. The summed E-state index contributed by atoms with van der Waals surface area (Å²) in [7, 11) is 3.11. The van der Waals surface area contributed by atoms with Gasteiger partial charge in [-0.3, -0.25) is 4.39 Å². The van der Waals surface area contributed by atoms with E-state index in [0.717, 1.165) is 5.56 Å². The summed E-state index contributed by atoms with van der Waals surface area (Å²) < 4.78 is 22.3. The highest BCUT2D eigenvalue weighted by molar-refractivity contribution is 6.31. The van der Waals surface area contributed by atoms with E-state index < -0.39 is 0 Å². The Morgan fingerprint density at radius 3 is 2.33 bits per heavy atom. The number of hydrogen-bond acceptors (Lipinski definition) is 2. The molecule has 0 N–H and O–H groups in total. The van der Waals surface area contributed by atoms with Crippen molar-refractivity contribution < 1.29 is 13.9 Å². The lowest BCUT2D eigenvalue weighted by Gasteiger charge is -2.11. The molecule has 0 radical (unpaired) electrons.